The Morgan fingerprint density at radius 1 is 1.05 bits per heavy atom. The fourth-order valence-electron chi connectivity index (χ4n) is 1.82. The van der Waals surface area contributed by atoms with Crippen molar-refractivity contribution in [3.05, 3.63) is 67.6 Å². The van der Waals surface area contributed by atoms with Crippen LogP contribution < -0.4 is 0 Å². The number of halogens is 3. The van der Waals surface area contributed by atoms with Crippen molar-refractivity contribution in [2.45, 2.75) is 12.8 Å². The summed E-state index contributed by atoms with van der Waals surface area (Å²) in [5.41, 5.74) is 1.77. The van der Waals surface area contributed by atoms with Crippen LogP contribution in [-0.2, 0) is 6.42 Å². The second-order valence-corrected chi connectivity index (χ2v) is 6.28. The summed E-state index contributed by atoms with van der Waals surface area (Å²) in [6.45, 7) is 0. The molecule has 0 spiro atoms. The van der Waals surface area contributed by atoms with Gasteiger partial charge in [0.1, 0.15) is 0 Å². The quantitative estimate of drug-likeness (QED) is 0.601. The van der Waals surface area contributed by atoms with E-state index in [2.05, 4.69) is 31.9 Å². The number of rotatable bonds is 4. The van der Waals surface area contributed by atoms with Gasteiger partial charge in [0, 0.05) is 26.0 Å². The van der Waals surface area contributed by atoms with Crippen molar-refractivity contribution in [3.63, 3.8) is 0 Å². The molecule has 0 aliphatic rings. The van der Waals surface area contributed by atoms with E-state index in [1.165, 1.54) is 0 Å². The van der Waals surface area contributed by atoms with Gasteiger partial charge in [-0.2, -0.15) is 0 Å². The van der Waals surface area contributed by atoms with E-state index in [1.807, 2.05) is 18.2 Å². The van der Waals surface area contributed by atoms with Gasteiger partial charge in [-0.15, -0.1) is 0 Å². The molecule has 0 radical (unpaired) electrons. The van der Waals surface area contributed by atoms with E-state index < -0.39 is 0 Å². The molecule has 98 valence electrons. The molecule has 0 bridgehead atoms. The molecule has 19 heavy (non-hydrogen) atoms. The average molecular weight is 403 g/mol. The molecule has 0 saturated heterocycles. The summed E-state index contributed by atoms with van der Waals surface area (Å²) in [5, 5.41) is 0.591. The van der Waals surface area contributed by atoms with Crippen LogP contribution in [0.15, 0.2) is 51.4 Å². The molecule has 1 nitrogen and oxygen atoms in total. The Hall–Kier alpha value is -0.640. The summed E-state index contributed by atoms with van der Waals surface area (Å²) in [4.78, 5) is 12.1. The predicted octanol–water partition coefficient (Wildman–Crippen LogP) is 5.68. The van der Waals surface area contributed by atoms with Gasteiger partial charge in [-0.25, -0.2) is 0 Å². The lowest BCUT2D eigenvalue weighted by molar-refractivity contribution is 0.0983. The van der Waals surface area contributed by atoms with Crippen LogP contribution in [0.1, 0.15) is 22.3 Å². The Morgan fingerprint density at radius 2 is 1.68 bits per heavy atom. The highest BCUT2D eigenvalue weighted by molar-refractivity contribution is 9.11. The SMILES string of the molecule is O=C(CCc1c(Br)cccc1Br)c1cccc(Cl)c1. The Labute approximate surface area is 134 Å². The standard InChI is InChI=1S/C15H11Br2ClO/c16-13-5-2-6-14(17)12(13)7-8-15(19)10-3-1-4-11(18)9-10/h1-6,9H,7-8H2. The van der Waals surface area contributed by atoms with Gasteiger partial charge in [-0.1, -0.05) is 61.7 Å². The Bertz CT molecular complexity index is 591. The first-order chi connectivity index (χ1) is 9.08. The van der Waals surface area contributed by atoms with Crippen LogP contribution in [0.25, 0.3) is 0 Å². The number of benzene rings is 2. The summed E-state index contributed by atoms with van der Waals surface area (Å²) in [6.07, 6.45) is 1.15. The molecule has 0 atom stereocenters. The number of carbonyl (C=O) groups is 1. The molecule has 2 rings (SSSR count). The normalized spacial score (nSPS) is 10.5. The van der Waals surface area contributed by atoms with Gasteiger partial charge in [0.15, 0.2) is 5.78 Å². The predicted molar refractivity (Wildman–Crippen MR) is 85.9 cm³/mol. The van der Waals surface area contributed by atoms with Gasteiger partial charge in [-0.05, 0) is 36.2 Å². The molecule has 0 N–H and O–H groups in total. The molecular formula is C15H11Br2ClO. The minimum Gasteiger partial charge on any atom is -0.294 e. The van der Waals surface area contributed by atoms with Crippen LogP contribution in [0.5, 0.6) is 0 Å². The van der Waals surface area contributed by atoms with Gasteiger partial charge in [0.2, 0.25) is 0 Å². The van der Waals surface area contributed by atoms with E-state index in [4.69, 9.17) is 11.6 Å². The molecule has 0 aromatic heterocycles. The fraction of sp³-hybridized carbons (Fsp3) is 0.133. The van der Waals surface area contributed by atoms with Gasteiger partial charge >= 0.3 is 0 Å². The Balaban J connectivity index is 2.09. The van der Waals surface area contributed by atoms with Crippen molar-refractivity contribution in [1.29, 1.82) is 0 Å². The first-order valence-corrected chi connectivity index (χ1v) is 7.76. The number of Topliss-reactive ketones (excluding diaryl/α,β-unsaturated/α-hetero) is 1. The fourth-order valence-corrected chi connectivity index (χ4v) is 3.40. The number of hydrogen-bond donors (Lipinski definition) is 0. The van der Waals surface area contributed by atoms with Crippen LogP contribution >= 0.6 is 43.5 Å². The van der Waals surface area contributed by atoms with Gasteiger partial charge in [-0.3, -0.25) is 4.79 Å². The minimum absolute atomic E-state index is 0.102. The topological polar surface area (TPSA) is 17.1 Å². The van der Waals surface area contributed by atoms with Gasteiger partial charge in [0.25, 0.3) is 0 Å². The van der Waals surface area contributed by atoms with E-state index in [-0.39, 0.29) is 5.78 Å². The van der Waals surface area contributed by atoms with Crippen LogP contribution in [0, 0.1) is 0 Å². The minimum atomic E-state index is 0.102. The molecule has 2 aromatic carbocycles. The van der Waals surface area contributed by atoms with Crippen molar-refractivity contribution >= 4 is 49.2 Å². The van der Waals surface area contributed by atoms with E-state index in [0.717, 1.165) is 14.5 Å². The third-order valence-corrected chi connectivity index (χ3v) is 4.53. The summed E-state index contributed by atoms with van der Waals surface area (Å²) < 4.78 is 2.03. The van der Waals surface area contributed by atoms with Crippen LogP contribution in [0.2, 0.25) is 5.02 Å². The molecule has 0 aliphatic heterocycles. The average Bonchev–Trinajstić information content (AvgIpc) is 2.38. The highest BCUT2D eigenvalue weighted by Crippen LogP contribution is 2.26. The summed E-state index contributed by atoms with van der Waals surface area (Å²) in [5.74, 6) is 0.102. The Morgan fingerprint density at radius 3 is 2.32 bits per heavy atom. The van der Waals surface area contributed by atoms with E-state index in [1.54, 1.807) is 24.3 Å². The lowest BCUT2D eigenvalue weighted by atomic mass is 10.0. The van der Waals surface area contributed by atoms with E-state index in [9.17, 15) is 4.79 Å². The molecular weight excluding hydrogens is 391 g/mol. The third kappa shape index (κ3) is 3.91. The number of carbonyl (C=O) groups excluding carboxylic acids is 1. The molecule has 0 saturated carbocycles. The van der Waals surface area contributed by atoms with Crippen LogP contribution in [-0.4, -0.2) is 5.78 Å². The maximum Gasteiger partial charge on any atom is 0.163 e. The maximum absolute atomic E-state index is 12.1. The van der Waals surface area contributed by atoms with Gasteiger partial charge < -0.3 is 0 Å². The zero-order valence-corrected chi connectivity index (χ0v) is 13.9. The second-order valence-electron chi connectivity index (χ2n) is 4.13. The highest BCUT2D eigenvalue weighted by atomic mass is 79.9. The van der Waals surface area contributed by atoms with Crippen LogP contribution in [0.4, 0.5) is 0 Å². The second kappa shape index (κ2) is 6.69. The molecule has 0 unspecified atom stereocenters. The smallest absolute Gasteiger partial charge is 0.163 e. The zero-order chi connectivity index (χ0) is 13.8. The lowest BCUT2D eigenvalue weighted by Crippen LogP contribution is -2.02. The molecule has 0 fully saturated rings. The van der Waals surface area contributed by atoms with E-state index >= 15 is 0 Å². The Kier molecular flexibility index (Phi) is 5.20. The highest BCUT2D eigenvalue weighted by Gasteiger charge is 2.10. The van der Waals surface area contributed by atoms with E-state index in [0.29, 0.717) is 23.4 Å². The molecule has 0 aliphatic carbocycles. The van der Waals surface area contributed by atoms with Crippen molar-refractivity contribution < 1.29 is 4.79 Å². The first-order valence-electron chi connectivity index (χ1n) is 5.79. The zero-order valence-electron chi connectivity index (χ0n) is 10.00. The first kappa shape index (κ1) is 14.8. The number of ketones is 1. The molecule has 2 aromatic rings. The van der Waals surface area contributed by atoms with Crippen LogP contribution in [0.3, 0.4) is 0 Å². The van der Waals surface area contributed by atoms with Crippen molar-refractivity contribution in [1.82, 2.24) is 0 Å². The largest absolute Gasteiger partial charge is 0.294 e. The monoisotopic (exact) mass is 400 g/mol. The van der Waals surface area contributed by atoms with Crippen molar-refractivity contribution in [3.8, 4) is 0 Å². The number of hydrogen-bond acceptors (Lipinski definition) is 1. The van der Waals surface area contributed by atoms with Crippen molar-refractivity contribution in [2.24, 2.45) is 0 Å². The molecule has 0 heterocycles. The molecule has 4 heteroatoms. The summed E-state index contributed by atoms with van der Waals surface area (Å²) in [7, 11) is 0. The van der Waals surface area contributed by atoms with Gasteiger partial charge in [0.05, 0.1) is 0 Å². The van der Waals surface area contributed by atoms with Crippen molar-refractivity contribution in [2.75, 3.05) is 0 Å². The summed E-state index contributed by atoms with van der Waals surface area (Å²) in [6, 6.07) is 13.0. The summed E-state index contributed by atoms with van der Waals surface area (Å²) >= 11 is 12.9. The molecule has 0 amide bonds. The lowest BCUT2D eigenvalue weighted by Gasteiger charge is -2.07. The third-order valence-electron chi connectivity index (χ3n) is 2.81. The maximum atomic E-state index is 12.1.